The Balaban J connectivity index is 2.36. The molecule has 0 radical (unpaired) electrons. The van der Waals surface area contributed by atoms with Crippen LogP contribution in [0.15, 0.2) is 0 Å². The van der Waals surface area contributed by atoms with Gasteiger partial charge in [0.15, 0.2) is 0 Å². The van der Waals surface area contributed by atoms with Gasteiger partial charge >= 0.3 is 6.09 Å². The highest BCUT2D eigenvalue weighted by Crippen LogP contribution is 2.09. The first-order valence-corrected chi connectivity index (χ1v) is 4.13. The van der Waals surface area contributed by atoms with E-state index in [0.717, 1.165) is 6.54 Å². The van der Waals surface area contributed by atoms with Gasteiger partial charge < -0.3 is 14.5 Å². The fraction of sp³-hybridized carbons (Fsp3) is 0.750. The van der Waals surface area contributed by atoms with Crippen molar-refractivity contribution in [3.63, 3.8) is 0 Å². The lowest BCUT2D eigenvalue weighted by atomic mass is 10.4. The number of likely N-dealkylation sites (N-methyl/N-ethyl adjacent to an activating group) is 1. The molecular formula is C8H13N3O2. The van der Waals surface area contributed by atoms with Crippen LogP contribution in [-0.4, -0.2) is 55.7 Å². The van der Waals surface area contributed by atoms with Crippen molar-refractivity contribution in [1.82, 2.24) is 9.80 Å². The SMILES string of the molecule is CN(C)CCN1CC(C#N)OC1=O. The van der Waals surface area contributed by atoms with Crippen LogP contribution in [0, 0.1) is 11.3 Å². The van der Waals surface area contributed by atoms with Gasteiger partial charge in [0.25, 0.3) is 0 Å². The molecule has 1 heterocycles. The zero-order valence-corrected chi connectivity index (χ0v) is 7.86. The van der Waals surface area contributed by atoms with E-state index < -0.39 is 6.10 Å². The van der Waals surface area contributed by atoms with Gasteiger partial charge in [0.05, 0.1) is 6.54 Å². The Morgan fingerprint density at radius 1 is 1.77 bits per heavy atom. The van der Waals surface area contributed by atoms with Crippen LogP contribution in [0.25, 0.3) is 0 Å². The molecule has 0 N–H and O–H groups in total. The summed E-state index contributed by atoms with van der Waals surface area (Å²) >= 11 is 0. The molecule has 0 aromatic heterocycles. The van der Waals surface area contributed by atoms with E-state index in [4.69, 9.17) is 10.00 Å². The summed E-state index contributed by atoms with van der Waals surface area (Å²) in [6.07, 6.45) is -0.969. The largest absolute Gasteiger partial charge is 0.429 e. The first kappa shape index (κ1) is 9.81. The van der Waals surface area contributed by atoms with Crippen molar-refractivity contribution < 1.29 is 9.53 Å². The Labute approximate surface area is 77.5 Å². The fourth-order valence-corrected chi connectivity index (χ4v) is 1.08. The second-order valence-corrected chi connectivity index (χ2v) is 3.25. The van der Waals surface area contributed by atoms with Crippen LogP contribution in [0.1, 0.15) is 0 Å². The van der Waals surface area contributed by atoms with Crippen LogP contribution in [-0.2, 0) is 4.74 Å². The van der Waals surface area contributed by atoms with Gasteiger partial charge in [-0.2, -0.15) is 5.26 Å². The summed E-state index contributed by atoms with van der Waals surface area (Å²) < 4.78 is 4.76. The average Bonchev–Trinajstić information content (AvgIpc) is 2.43. The predicted molar refractivity (Wildman–Crippen MR) is 46.0 cm³/mol. The lowest BCUT2D eigenvalue weighted by molar-refractivity contribution is 0.145. The van der Waals surface area contributed by atoms with Gasteiger partial charge in [-0.1, -0.05) is 0 Å². The molecule has 0 bridgehead atoms. The molecular weight excluding hydrogens is 170 g/mol. The third-order valence-corrected chi connectivity index (χ3v) is 1.85. The summed E-state index contributed by atoms with van der Waals surface area (Å²) in [6, 6.07) is 1.91. The number of carbonyl (C=O) groups is 1. The molecule has 1 fully saturated rings. The molecule has 1 atom stereocenters. The minimum Gasteiger partial charge on any atom is -0.429 e. The van der Waals surface area contributed by atoms with Crippen LogP contribution in [0.5, 0.6) is 0 Å². The van der Waals surface area contributed by atoms with Crippen molar-refractivity contribution in [3.8, 4) is 6.07 Å². The molecule has 1 aliphatic rings. The highest BCUT2D eigenvalue weighted by molar-refractivity contribution is 5.70. The summed E-state index contributed by atoms with van der Waals surface area (Å²) in [7, 11) is 3.87. The molecule has 72 valence electrons. The quantitative estimate of drug-likeness (QED) is 0.612. The number of rotatable bonds is 3. The standard InChI is InChI=1S/C8H13N3O2/c1-10(2)3-4-11-6-7(5-9)13-8(11)12/h7H,3-4,6H2,1-2H3. The maximum atomic E-state index is 11.1. The van der Waals surface area contributed by atoms with Gasteiger partial charge in [-0.25, -0.2) is 4.79 Å². The van der Waals surface area contributed by atoms with Crippen molar-refractivity contribution in [2.75, 3.05) is 33.7 Å². The van der Waals surface area contributed by atoms with Crippen LogP contribution in [0.2, 0.25) is 0 Å². The summed E-state index contributed by atoms with van der Waals surface area (Å²) in [6.45, 7) is 1.79. The van der Waals surface area contributed by atoms with E-state index in [2.05, 4.69) is 0 Å². The first-order chi connectivity index (χ1) is 6.13. The van der Waals surface area contributed by atoms with Gasteiger partial charge in [0, 0.05) is 13.1 Å². The van der Waals surface area contributed by atoms with E-state index in [9.17, 15) is 4.79 Å². The van der Waals surface area contributed by atoms with Crippen LogP contribution in [0.4, 0.5) is 4.79 Å². The summed E-state index contributed by atoms with van der Waals surface area (Å²) in [5.74, 6) is 0. The monoisotopic (exact) mass is 183 g/mol. The number of nitrogens with zero attached hydrogens (tertiary/aromatic N) is 3. The van der Waals surface area contributed by atoms with Crippen molar-refractivity contribution in [2.24, 2.45) is 0 Å². The summed E-state index contributed by atoms with van der Waals surface area (Å²) in [4.78, 5) is 14.6. The number of hydrogen-bond acceptors (Lipinski definition) is 4. The second kappa shape index (κ2) is 4.10. The molecule has 1 unspecified atom stereocenters. The highest BCUT2D eigenvalue weighted by Gasteiger charge is 2.30. The molecule has 1 saturated heterocycles. The third-order valence-electron chi connectivity index (χ3n) is 1.85. The van der Waals surface area contributed by atoms with Crippen LogP contribution >= 0.6 is 0 Å². The Morgan fingerprint density at radius 2 is 2.46 bits per heavy atom. The molecule has 0 aliphatic carbocycles. The molecule has 1 rings (SSSR count). The summed E-state index contributed by atoms with van der Waals surface area (Å²) in [5.41, 5.74) is 0. The minimum atomic E-state index is -0.588. The lowest BCUT2D eigenvalue weighted by Crippen LogP contribution is -2.32. The van der Waals surface area contributed by atoms with E-state index in [1.54, 1.807) is 4.90 Å². The average molecular weight is 183 g/mol. The fourth-order valence-electron chi connectivity index (χ4n) is 1.08. The molecule has 5 nitrogen and oxygen atoms in total. The Bertz CT molecular complexity index is 234. The Morgan fingerprint density at radius 3 is 2.92 bits per heavy atom. The lowest BCUT2D eigenvalue weighted by Gasteiger charge is -2.15. The molecule has 0 saturated carbocycles. The van der Waals surface area contributed by atoms with Gasteiger partial charge in [0.1, 0.15) is 6.07 Å². The zero-order chi connectivity index (χ0) is 9.84. The first-order valence-electron chi connectivity index (χ1n) is 4.13. The zero-order valence-electron chi connectivity index (χ0n) is 7.86. The van der Waals surface area contributed by atoms with Gasteiger partial charge in [0.2, 0.25) is 6.10 Å². The van der Waals surface area contributed by atoms with Gasteiger partial charge in [-0.15, -0.1) is 0 Å². The van der Waals surface area contributed by atoms with Crippen molar-refractivity contribution >= 4 is 6.09 Å². The number of amides is 1. The molecule has 0 aromatic carbocycles. The van der Waals surface area contributed by atoms with E-state index in [0.29, 0.717) is 13.1 Å². The van der Waals surface area contributed by atoms with Crippen molar-refractivity contribution in [1.29, 1.82) is 5.26 Å². The van der Waals surface area contributed by atoms with Crippen molar-refractivity contribution in [2.45, 2.75) is 6.10 Å². The maximum absolute atomic E-state index is 11.1. The number of hydrogen-bond donors (Lipinski definition) is 0. The van der Waals surface area contributed by atoms with E-state index in [1.807, 2.05) is 25.1 Å². The highest BCUT2D eigenvalue weighted by atomic mass is 16.6. The predicted octanol–water partition coefficient (Wildman–Crippen LogP) is -0.108. The molecule has 0 aromatic rings. The van der Waals surface area contributed by atoms with Gasteiger partial charge in [-0.05, 0) is 14.1 Å². The van der Waals surface area contributed by atoms with Crippen LogP contribution in [0.3, 0.4) is 0 Å². The molecule has 1 amide bonds. The molecule has 1 aliphatic heterocycles. The normalized spacial score (nSPS) is 21.8. The molecule has 0 spiro atoms. The Kier molecular flexibility index (Phi) is 3.09. The van der Waals surface area contributed by atoms with E-state index in [-0.39, 0.29) is 6.09 Å². The number of cyclic esters (lactones) is 1. The smallest absolute Gasteiger partial charge is 0.411 e. The maximum Gasteiger partial charge on any atom is 0.411 e. The Hall–Kier alpha value is -1.28. The van der Waals surface area contributed by atoms with E-state index >= 15 is 0 Å². The van der Waals surface area contributed by atoms with E-state index in [1.165, 1.54) is 0 Å². The van der Waals surface area contributed by atoms with Crippen molar-refractivity contribution in [3.05, 3.63) is 0 Å². The number of nitriles is 1. The number of ether oxygens (including phenoxy) is 1. The third kappa shape index (κ3) is 2.60. The summed E-state index contributed by atoms with van der Waals surface area (Å²) in [5, 5.41) is 8.51. The number of carbonyl (C=O) groups excluding carboxylic acids is 1. The second-order valence-electron chi connectivity index (χ2n) is 3.25. The molecule has 13 heavy (non-hydrogen) atoms. The van der Waals surface area contributed by atoms with Gasteiger partial charge in [-0.3, -0.25) is 0 Å². The van der Waals surface area contributed by atoms with Crippen LogP contribution < -0.4 is 0 Å². The topological polar surface area (TPSA) is 56.6 Å². The molecule has 5 heteroatoms. The minimum absolute atomic E-state index is 0.381.